The molecule has 0 heterocycles. The van der Waals surface area contributed by atoms with E-state index >= 15 is 0 Å². The Hall–Kier alpha value is -1.48. The van der Waals surface area contributed by atoms with Gasteiger partial charge in [0.2, 0.25) is 0 Å². The van der Waals surface area contributed by atoms with Crippen molar-refractivity contribution in [2.24, 2.45) is 0 Å². The molecule has 0 bridgehead atoms. The minimum Gasteiger partial charge on any atom is -0.396 e. The van der Waals surface area contributed by atoms with Gasteiger partial charge in [-0.2, -0.15) is 61.5 Å². The van der Waals surface area contributed by atoms with Crippen molar-refractivity contribution in [3.63, 3.8) is 0 Å². The van der Waals surface area contributed by atoms with Crippen LogP contribution in [0.5, 0.6) is 0 Å². The number of hydrogen-bond acceptors (Lipinski definition) is 2. The number of rotatable bonds is 6. The lowest BCUT2D eigenvalue weighted by atomic mass is 10.3. The summed E-state index contributed by atoms with van der Waals surface area (Å²) in [6.45, 7) is 0. The van der Waals surface area contributed by atoms with E-state index in [0.29, 0.717) is 0 Å². The minimum atomic E-state index is -7.39. The summed E-state index contributed by atoms with van der Waals surface area (Å²) in [5.74, 6) is -7.39. The fraction of sp³-hybridized carbons (Fsp3) is 0.714. The maximum Gasteiger partial charge on any atom is 0.496 e. The molecule has 2 nitrogen and oxygen atoms in total. The van der Waals surface area contributed by atoms with Crippen molar-refractivity contribution < 1.29 is 70.9 Å². The van der Waals surface area contributed by atoms with Crippen molar-refractivity contribution in [2.75, 3.05) is 0 Å². The Morgan fingerprint density at radius 3 is 1.26 bits per heavy atom. The van der Waals surface area contributed by atoms with E-state index in [1.54, 1.807) is 0 Å². The number of ether oxygens (including phenoxy) is 2. The van der Waals surface area contributed by atoms with Crippen LogP contribution in [0.1, 0.15) is 0 Å². The molecule has 0 saturated heterocycles. The topological polar surface area (TPSA) is 18.5 Å². The molecule has 0 aromatic carbocycles. The van der Waals surface area contributed by atoms with Gasteiger partial charge < -0.3 is 4.74 Å². The molecule has 0 fully saturated rings. The van der Waals surface area contributed by atoms with Crippen LogP contribution in [0.15, 0.2) is 12.1 Å². The highest BCUT2D eigenvalue weighted by Gasteiger charge is 2.79. The Labute approximate surface area is 115 Å². The highest BCUT2D eigenvalue weighted by Crippen LogP contribution is 2.51. The van der Waals surface area contributed by atoms with E-state index in [9.17, 15) is 61.5 Å². The second-order valence-corrected chi connectivity index (χ2v) is 3.36. The van der Waals surface area contributed by atoms with Crippen molar-refractivity contribution >= 4 is 0 Å². The first kappa shape index (κ1) is 21.5. The van der Waals surface area contributed by atoms with Crippen molar-refractivity contribution in [3.8, 4) is 0 Å². The summed E-state index contributed by atoms with van der Waals surface area (Å²) in [4.78, 5) is 0. The summed E-state index contributed by atoms with van der Waals surface area (Å²) in [5.41, 5.74) is 0. The predicted molar refractivity (Wildman–Crippen MR) is 38.4 cm³/mol. The van der Waals surface area contributed by atoms with E-state index in [4.69, 9.17) is 0 Å². The van der Waals surface area contributed by atoms with Crippen LogP contribution >= 0.6 is 0 Å². The molecule has 0 aromatic heterocycles. The van der Waals surface area contributed by atoms with Gasteiger partial charge in [0.1, 0.15) is 0 Å². The molecule has 0 aromatic rings. The largest absolute Gasteiger partial charge is 0.496 e. The normalized spacial score (nSPS) is 14.7. The summed E-state index contributed by atoms with van der Waals surface area (Å²) in [6.07, 6.45) is -32.2. The zero-order valence-corrected chi connectivity index (χ0v) is 9.61. The van der Waals surface area contributed by atoms with Gasteiger partial charge in [0.05, 0.1) is 0 Å². The minimum absolute atomic E-state index is 1.42. The average Bonchev–Trinajstić information content (AvgIpc) is 2.24. The van der Waals surface area contributed by atoms with Gasteiger partial charge in [0.25, 0.3) is 0 Å². The molecule has 23 heavy (non-hydrogen) atoms. The predicted octanol–water partition coefficient (Wildman–Crippen LogP) is 5.03. The summed E-state index contributed by atoms with van der Waals surface area (Å²) in [6, 6.07) is -3.75. The van der Waals surface area contributed by atoms with Gasteiger partial charge in [-0.05, 0) is 0 Å². The first-order chi connectivity index (χ1) is 9.78. The highest BCUT2D eigenvalue weighted by atomic mass is 19.4. The van der Waals surface area contributed by atoms with Crippen molar-refractivity contribution in [1.82, 2.24) is 0 Å². The third-order valence-corrected chi connectivity index (χ3v) is 1.68. The molecule has 0 N–H and O–H groups in total. The zero-order valence-electron chi connectivity index (χ0n) is 9.61. The van der Waals surface area contributed by atoms with E-state index in [1.807, 2.05) is 4.74 Å². The smallest absolute Gasteiger partial charge is 0.396 e. The van der Waals surface area contributed by atoms with Crippen LogP contribution in [0.4, 0.5) is 61.5 Å². The number of hydrogen-bond donors (Lipinski definition) is 0. The fourth-order valence-corrected chi connectivity index (χ4v) is 0.660. The Kier molecular flexibility index (Phi) is 5.49. The maximum atomic E-state index is 12.5. The SMILES string of the molecule is FC(F)=C(F)OC(F)(F)C(F)(F)OC(F)(F)C(F)(F)C(F)(F)F. The third kappa shape index (κ3) is 4.29. The summed E-state index contributed by atoms with van der Waals surface area (Å²) < 4.78 is 172. The standard InChI is InChI=1S/C7F14O2/c8-1(9)2(10)22-6(18,19)7(20,21)23-5(16,17)3(11,12)4(13,14)15. The highest BCUT2D eigenvalue weighted by molar-refractivity contribution is 4.88. The first-order valence-corrected chi connectivity index (χ1v) is 4.46. The van der Waals surface area contributed by atoms with Crippen LogP contribution in [0.3, 0.4) is 0 Å². The zero-order chi connectivity index (χ0) is 19.1. The van der Waals surface area contributed by atoms with E-state index in [2.05, 4.69) is 0 Å². The molecule has 16 heteroatoms. The van der Waals surface area contributed by atoms with Crippen molar-refractivity contribution in [2.45, 2.75) is 30.4 Å². The molecular formula is C7F14O2. The molecule has 0 aliphatic carbocycles. The molecule has 0 aliphatic heterocycles. The van der Waals surface area contributed by atoms with E-state index in [-0.39, 0.29) is 0 Å². The molecule has 0 rings (SSSR count). The van der Waals surface area contributed by atoms with Gasteiger partial charge in [-0.1, -0.05) is 0 Å². The summed E-state index contributed by atoms with van der Waals surface area (Å²) in [5, 5.41) is 0. The van der Waals surface area contributed by atoms with Gasteiger partial charge >= 0.3 is 42.5 Å². The van der Waals surface area contributed by atoms with E-state index in [1.165, 1.54) is 4.74 Å². The molecule has 0 saturated carbocycles. The Morgan fingerprint density at radius 2 is 0.957 bits per heavy atom. The third-order valence-electron chi connectivity index (χ3n) is 1.68. The van der Waals surface area contributed by atoms with Crippen molar-refractivity contribution in [1.29, 1.82) is 0 Å². The molecule has 0 aliphatic rings. The van der Waals surface area contributed by atoms with Crippen molar-refractivity contribution in [3.05, 3.63) is 12.1 Å². The second kappa shape index (κ2) is 5.86. The molecule has 0 amide bonds. The number of alkyl halides is 11. The van der Waals surface area contributed by atoms with Crippen LogP contribution in [0.25, 0.3) is 0 Å². The summed E-state index contributed by atoms with van der Waals surface area (Å²) >= 11 is 0. The van der Waals surface area contributed by atoms with Gasteiger partial charge in [0.15, 0.2) is 0 Å². The van der Waals surface area contributed by atoms with Crippen LogP contribution in [-0.4, -0.2) is 30.4 Å². The average molecular weight is 382 g/mol. The second-order valence-electron chi connectivity index (χ2n) is 3.36. The molecule has 138 valence electrons. The molecule has 0 atom stereocenters. The Balaban J connectivity index is 5.59. The quantitative estimate of drug-likeness (QED) is 0.474. The molecule has 0 unspecified atom stereocenters. The van der Waals surface area contributed by atoms with E-state index < -0.39 is 42.5 Å². The molecular weight excluding hydrogens is 382 g/mol. The molecule has 0 radical (unpaired) electrons. The Morgan fingerprint density at radius 1 is 0.565 bits per heavy atom. The van der Waals surface area contributed by atoms with Gasteiger partial charge in [-0.25, -0.2) is 4.74 Å². The van der Waals surface area contributed by atoms with Gasteiger partial charge in [-0.3, -0.25) is 0 Å². The van der Waals surface area contributed by atoms with Crippen LogP contribution in [0, 0.1) is 0 Å². The van der Waals surface area contributed by atoms with E-state index in [0.717, 1.165) is 0 Å². The lowest BCUT2D eigenvalue weighted by Crippen LogP contribution is -2.58. The van der Waals surface area contributed by atoms with Crippen LogP contribution in [-0.2, 0) is 9.47 Å². The maximum absolute atomic E-state index is 12.5. The van der Waals surface area contributed by atoms with Gasteiger partial charge in [0, 0.05) is 0 Å². The summed E-state index contributed by atoms with van der Waals surface area (Å²) in [7, 11) is 0. The molecule has 0 spiro atoms. The Bertz CT molecular complexity index is 458. The fourth-order valence-electron chi connectivity index (χ4n) is 0.660. The lowest BCUT2D eigenvalue weighted by Gasteiger charge is -2.32. The van der Waals surface area contributed by atoms with Gasteiger partial charge in [-0.15, -0.1) is 0 Å². The number of halogens is 14. The first-order valence-electron chi connectivity index (χ1n) is 4.46. The lowest BCUT2D eigenvalue weighted by molar-refractivity contribution is -0.520. The monoisotopic (exact) mass is 382 g/mol. The van der Waals surface area contributed by atoms with Crippen LogP contribution in [0.2, 0.25) is 0 Å². The van der Waals surface area contributed by atoms with Crippen LogP contribution < -0.4 is 0 Å².